The molecule has 138 valence electrons. The van der Waals surface area contributed by atoms with E-state index in [1.54, 1.807) is 24.3 Å². The molecule has 1 amide bonds. The summed E-state index contributed by atoms with van der Waals surface area (Å²) in [5, 5.41) is 5.17. The third-order valence-corrected chi connectivity index (χ3v) is 4.32. The first-order chi connectivity index (χ1) is 13.1. The molecule has 0 aromatic heterocycles. The average Bonchev–Trinajstić information content (AvgIpc) is 2.71. The van der Waals surface area contributed by atoms with E-state index in [9.17, 15) is 9.59 Å². The van der Waals surface area contributed by atoms with Crippen LogP contribution >= 0.6 is 0 Å². The highest BCUT2D eigenvalue weighted by Crippen LogP contribution is 2.24. The molecule has 0 saturated heterocycles. The molecule has 3 aromatic rings. The molecule has 0 aliphatic carbocycles. The zero-order chi connectivity index (χ0) is 19.2. The lowest BCUT2D eigenvalue weighted by Crippen LogP contribution is -2.31. The van der Waals surface area contributed by atoms with Crippen LogP contribution in [0, 0.1) is 0 Å². The second-order valence-electron chi connectivity index (χ2n) is 6.13. The maximum Gasteiger partial charge on any atom is 0.341 e. The lowest BCUT2D eigenvalue weighted by atomic mass is 10.00. The van der Waals surface area contributed by atoms with Gasteiger partial charge in [0.25, 0.3) is 5.91 Å². The molecule has 0 heterocycles. The lowest BCUT2D eigenvalue weighted by molar-refractivity contribution is -0.123. The number of carbonyl (C=O) groups is 2. The SMILES string of the molecule is COC(=O)c1ccccc1OCC(=O)N[C@H](C)c1cccc2ccccc12. The van der Waals surface area contributed by atoms with E-state index >= 15 is 0 Å². The predicted molar refractivity (Wildman–Crippen MR) is 104 cm³/mol. The smallest absolute Gasteiger partial charge is 0.341 e. The average molecular weight is 363 g/mol. The first kappa shape index (κ1) is 18.5. The molecule has 3 aromatic carbocycles. The molecule has 5 heteroatoms. The van der Waals surface area contributed by atoms with Crippen LogP contribution in [0.5, 0.6) is 5.75 Å². The quantitative estimate of drug-likeness (QED) is 0.675. The Kier molecular flexibility index (Phi) is 5.71. The van der Waals surface area contributed by atoms with Crippen molar-refractivity contribution in [1.29, 1.82) is 0 Å². The highest BCUT2D eigenvalue weighted by atomic mass is 16.5. The van der Waals surface area contributed by atoms with Gasteiger partial charge in [0, 0.05) is 0 Å². The van der Waals surface area contributed by atoms with Crippen molar-refractivity contribution >= 4 is 22.6 Å². The van der Waals surface area contributed by atoms with Crippen molar-refractivity contribution in [1.82, 2.24) is 5.32 Å². The number of nitrogens with one attached hydrogen (secondary N) is 1. The number of para-hydroxylation sites is 1. The van der Waals surface area contributed by atoms with Crippen LogP contribution in [-0.4, -0.2) is 25.6 Å². The summed E-state index contributed by atoms with van der Waals surface area (Å²) in [6, 6.07) is 20.6. The van der Waals surface area contributed by atoms with E-state index in [-0.39, 0.29) is 24.1 Å². The Bertz CT molecular complexity index is 962. The largest absolute Gasteiger partial charge is 0.483 e. The number of esters is 1. The van der Waals surface area contributed by atoms with Crippen LogP contribution in [0.2, 0.25) is 0 Å². The molecule has 0 unspecified atom stereocenters. The maximum atomic E-state index is 12.3. The van der Waals surface area contributed by atoms with Crippen molar-refractivity contribution in [2.75, 3.05) is 13.7 Å². The van der Waals surface area contributed by atoms with E-state index in [4.69, 9.17) is 9.47 Å². The van der Waals surface area contributed by atoms with Crippen LogP contribution in [0.4, 0.5) is 0 Å². The number of methoxy groups -OCH3 is 1. The van der Waals surface area contributed by atoms with Gasteiger partial charge in [0.15, 0.2) is 6.61 Å². The minimum absolute atomic E-state index is 0.178. The van der Waals surface area contributed by atoms with Gasteiger partial charge in [0.05, 0.1) is 13.2 Å². The number of hydrogen-bond acceptors (Lipinski definition) is 4. The first-order valence-corrected chi connectivity index (χ1v) is 8.67. The molecule has 5 nitrogen and oxygen atoms in total. The van der Waals surface area contributed by atoms with Gasteiger partial charge in [-0.3, -0.25) is 4.79 Å². The number of ether oxygens (including phenoxy) is 2. The number of fused-ring (bicyclic) bond motifs is 1. The van der Waals surface area contributed by atoms with Crippen molar-refractivity contribution < 1.29 is 19.1 Å². The minimum Gasteiger partial charge on any atom is -0.483 e. The summed E-state index contributed by atoms with van der Waals surface area (Å²) in [6.45, 7) is 1.74. The van der Waals surface area contributed by atoms with Crippen molar-refractivity contribution in [3.63, 3.8) is 0 Å². The Morgan fingerprint density at radius 1 is 0.963 bits per heavy atom. The molecule has 0 fully saturated rings. The highest BCUT2D eigenvalue weighted by molar-refractivity contribution is 5.92. The zero-order valence-electron chi connectivity index (χ0n) is 15.3. The summed E-state index contributed by atoms with van der Waals surface area (Å²) in [6.07, 6.45) is 0. The molecule has 1 N–H and O–H groups in total. The van der Waals surface area contributed by atoms with E-state index in [0.29, 0.717) is 5.75 Å². The molecule has 0 radical (unpaired) electrons. The summed E-state index contributed by atoms with van der Waals surface area (Å²) in [5.41, 5.74) is 1.33. The summed E-state index contributed by atoms with van der Waals surface area (Å²) in [4.78, 5) is 24.1. The zero-order valence-corrected chi connectivity index (χ0v) is 15.3. The van der Waals surface area contributed by atoms with Gasteiger partial charge in [-0.2, -0.15) is 0 Å². The van der Waals surface area contributed by atoms with Crippen LogP contribution in [0.3, 0.4) is 0 Å². The fraction of sp³-hybridized carbons (Fsp3) is 0.182. The number of amides is 1. The fourth-order valence-electron chi connectivity index (χ4n) is 3.00. The predicted octanol–water partition coefficient (Wildman–Crippen LogP) is 3.88. The summed E-state index contributed by atoms with van der Waals surface area (Å²) in [7, 11) is 1.30. The van der Waals surface area contributed by atoms with Crippen LogP contribution in [0.15, 0.2) is 66.7 Å². The van der Waals surface area contributed by atoms with Gasteiger partial charge >= 0.3 is 5.97 Å². The number of rotatable bonds is 6. The molecule has 0 bridgehead atoms. The molecule has 0 aliphatic heterocycles. The minimum atomic E-state index is -0.505. The second-order valence-corrected chi connectivity index (χ2v) is 6.13. The van der Waals surface area contributed by atoms with Crippen LogP contribution in [0.1, 0.15) is 28.9 Å². The number of carbonyl (C=O) groups excluding carboxylic acids is 2. The molecule has 27 heavy (non-hydrogen) atoms. The third-order valence-electron chi connectivity index (χ3n) is 4.32. The topological polar surface area (TPSA) is 64.6 Å². The van der Waals surface area contributed by atoms with Gasteiger partial charge in [-0.15, -0.1) is 0 Å². The van der Waals surface area contributed by atoms with E-state index in [2.05, 4.69) is 5.32 Å². The molecule has 3 rings (SSSR count). The van der Waals surface area contributed by atoms with Gasteiger partial charge in [-0.1, -0.05) is 54.6 Å². The Morgan fingerprint density at radius 3 is 2.48 bits per heavy atom. The van der Waals surface area contributed by atoms with Gasteiger partial charge in [-0.25, -0.2) is 4.79 Å². The fourth-order valence-corrected chi connectivity index (χ4v) is 3.00. The van der Waals surface area contributed by atoms with E-state index in [1.807, 2.05) is 49.4 Å². The van der Waals surface area contributed by atoms with Crippen LogP contribution < -0.4 is 10.1 Å². The van der Waals surface area contributed by atoms with Crippen molar-refractivity contribution in [3.05, 3.63) is 77.9 Å². The van der Waals surface area contributed by atoms with Crippen molar-refractivity contribution in [3.8, 4) is 5.75 Å². The molecular weight excluding hydrogens is 342 g/mol. The number of hydrogen-bond donors (Lipinski definition) is 1. The first-order valence-electron chi connectivity index (χ1n) is 8.67. The van der Waals surface area contributed by atoms with E-state index in [0.717, 1.165) is 16.3 Å². The summed E-state index contributed by atoms with van der Waals surface area (Å²) >= 11 is 0. The summed E-state index contributed by atoms with van der Waals surface area (Å²) in [5.74, 6) is -0.456. The van der Waals surface area contributed by atoms with Crippen molar-refractivity contribution in [2.24, 2.45) is 0 Å². The van der Waals surface area contributed by atoms with E-state index in [1.165, 1.54) is 7.11 Å². The van der Waals surface area contributed by atoms with Crippen LogP contribution in [-0.2, 0) is 9.53 Å². The van der Waals surface area contributed by atoms with Gasteiger partial charge < -0.3 is 14.8 Å². The second kappa shape index (κ2) is 8.36. The Labute approximate surface area is 157 Å². The van der Waals surface area contributed by atoms with Gasteiger partial charge in [-0.05, 0) is 35.4 Å². The number of benzene rings is 3. The lowest BCUT2D eigenvalue weighted by Gasteiger charge is -2.17. The maximum absolute atomic E-state index is 12.3. The van der Waals surface area contributed by atoms with Crippen LogP contribution in [0.25, 0.3) is 10.8 Å². The summed E-state index contributed by atoms with van der Waals surface area (Å²) < 4.78 is 10.3. The highest BCUT2D eigenvalue weighted by Gasteiger charge is 2.15. The monoisotopic (exact) mass is 363 g/mol. The molecule has 0 saturated carbocycles. The van der Waals surface area contributed by atoms with Gasteiger partial charge in [0.1, 0.15) is 11.3 Å². The molecule has 0 spiro atoms. The standard InChI is InChI=1S/C22H21NO4/c1-15(17-12-7-9-16-8-3-4-10-18(16)17)23-21(24)14-27-20-13-6-5-11-19(20)22(25)26-2/h3-13,15H,14H2,1-2H3,(H,23,24)/t15-/m1/s1. The van der Waals surface area contributed by atoms with Gasteiger partial charge in [0.2, 0.25) is 0 Å². The molecule has 0 aliphatic rings. The van der Waals surface area contributed by atoms with E-state index < -0.39 is 5.97 Å². The third kappa shape index (κ3) is 4.26. The van der Waals surface area contributed by atoms with Crippen molar-refractivity contribution in [2.45, 2.75) is 13.0 Å². The molecule has 1 atom stereocenters. The molecular formula is C22H21NO4. The Balaban J connectivity index is 1.67. The Hall–Kier alpha value is -3.34. The Morgan fingerprint density at radius 2 is 1.67 bits per heavy atom. The normalized spacial score (nSPS) is 11.6.